The van der Waals surface area contributed by atoms with Gasteiger partial charge in [-0.3, -0.25) is 9.59 Å². The third-order valence-corrected chi connectivity index (χ3v) is 1.32. The van der Waals surface area contributed by atoms with Gasteiger partial charge >= 0.3 is 6.09 Å². The molecular weight excluding hydrogens is 178 g/mol. The molecule has 0 heterocycles. The first-order chi connectivity index (χ1) is 5.93. The van der Waals surface area contributed by atoms with Crippen molar-refractivity contribution >= 4 is 17.9 Å². The van der Waals surface area contributed by atoms with Gasteiger partial charge in [0.2, 0.25) is 11.8 Å². The quantitative estimate of drug-likeness (QED) is 0.413. The summed E-state index contributed by atoms with van der Waals surface area (Å²) in [6.07, 6.45) is -1.47. The number of carbonyl (C=O) groups excluding carboxylic acids is 2. The van der Waals surface area contributed by atoms with Crippen LogP contribution in [0.5, 0.6) is 0 Å². The van der Waals surface area contributed by atoms with Gasteiger partial charge < -0.3 is 21.9 Å². The summed E-state index contributed by atoms with van der Waals surface area (Å²) in [5.41, 5.74) is 9.66. The Balaban J connectivity index is 4.02. The Hall–Kier alpha value is -1.79. The Bertz CT molecular complexity index is 228. The molecule has 7 nitrogen and oxygen atoms in total. The van der Waals surface area contributed by atoms with Crippen LogP contribution in [0.4, 0.5) is 4.79 Å². The van der Waals surface area contributed by atoms with Crippen LogP contribution >= 0.6 is 0 Å². The molecule has 0 aliphatic rings. The minimum Gasteiger partial charge on any atom is -0.465 e. The summed E-state index contributed by atoms with van der Waals surface area (Å²) < 4.78 is 0. The van der Waals surface area contributed by atoms with Gasteiger partial charge in [-0.05, 0) is 6.42 Å². The smallest absolute Gasteiger partial charge is 0.405 e. The lowest BCUT2D eigenvalue weighted by molar-refractivity contribution is -0.120. The summed E-state index contributed by atoms with van der Waals surface area (Å²) in [6, 6.07) is -1.06. The first kappa shape index (κ1) is 11.2. The second-order valence-electron chi connectivity index (χ2n) is 2.41. The van der Waals surface area contributed by atoms with E-state index in [1.54, 1.807) is 0 Å². The van der Waals surface area contributed by atoms with Crippen molar-refractivity contribution in [2.45, 2.75) is 18.9 Å². The van der Waals surface area contributed by atoms with E-state index in [2.05, 4.69) is 0 Å². The fraction of sp³-hybridized carbons (Fsp3) is 0.500. The van der Waals surface area contributed by atoms with Gasteiger partial charge in [-0.2, -0.15) is 0 Å². The molecule has 1 atom stereocenters. The molecule has 7 heteroatoms. The van der Waals surface area contributed by atoms with E-state index < -0.39 is 23.9 Å². The minimum absolute atomic E-state index is 0.0169. The van der Waals surface area contributed by atoms with E-state index >= 15 is 0 Å². The molecule has 0 saturated heterocycles. The summed E-state index contributed by atoms with van der Waals surface area (Å²) >= 11 is 0. The summed E-state index contributed by atoms with van der Waals surface area (Å²) in [7, 11) is 0. The number of rotatable bonds is 5. The first-order valence-electron chi connectivity index (χ1n) is 3.50. The van der Waals surface area contributed by atoms with E-state index in [1.165, 1.54) is 0 Å². The Kier molecular flexibility index (Phi) is 4.28. The summed E-state index contributed by atoms with van der Waals surface area (Å²) in [6.45, 7) is 0. The molecular formula is C6H11N3O4. The molecule has 0 rings (SSSR count). The third-order valence-electron chi connectivity index (χ3n) is 1.32. The van der Waals surface area contributed by atoms with Crippen molar-refractivity contribution in [3.63, 3.8) is 0 Å². The summed E-state index contributed by atoms with van der Waals surface area (Å²) in [4.78, 5) is 31.0. The predicted molar refractivity (Wildman–Crippen MR) is 42.6 cm³/mol. The molecule has 0 fully saturated rings. The lowest BCUT2D eigenvalue weighted by Gasteiger charge is -2.11. The molecule has 0 aliphatic carbocycles. The molecule has 0 saturated carbocycles. The van der Waals surface area contributed by atoms with Crippen LogP contribution in [-0.4, -0.2) is 29.1 Å². The molecule has 74 valence electrons. The average molecular weight is 189 g/mol. The van der Waals surface area contributed by atoms with Crippen molar-refractivity contribution in [3.05, 3.63) is 0 Å². The molecule has 0 spiro atoms. The van der Waals surface area contributed by atoms with E-state index in [0.29, 0.717) is 0 Å². The highest BCUT2D eigenvalue weighted by atomic mass is 16.4. The minimum atomic E-state index is -1.37. The van der Waals surface area contributed by atoms with Gasteiger partial charge in [0.1, 0.15) is 6.04 Å². The van der Waals surface area contributed by atoms with Crippen molar-refractivity contribution in [2.24, 2.45) is 11.5 Å². The van der Waals surface area contributed by atoms with Gasteiger partial charge in [0.05, 0.1) is 0 Å². The number of hydrogen-bond acceptors (Lipinski definition) is 3. The maximum Gasteiger partial charge on any atom is 0.405 e. The van der Waals surface area contributed by atoms with Crippen molar-refractivity contribution in [1.82, 2.24) is 5.32 Å². The van der Waals surface area contributed by atoms with Crippen LogP contribution in [0, 0.1) is 0 Å². The lowest BCUT2D eigenvalue weighted by Crippen LogP contribution is -2.44. The summed E-state index contributed by atoms with van der Waals surface area (Å²) in [5.74, 6) is -1.44. The third kappa shape index (κ3) is 5.48. The number of nitrogens with two attached hydrogens (primary N) is 2. The van der Waals surface area contributed by atoms with Crippen LogP contribution in [0.15, 0.2) is 0 Å². The van der Waals surface area contributed by atoms with E-state index in [9.17, 15) is 14.4 Å². The molecule has 0 aliphatic heterocycles. The van der Waals surface area contributed by atoms with Crippen LogP contribution in [0.2, 0.25) is 0 Å². The van der Waals surface area contributed by atoms with Crippen LogP contribution in [-0.2, 0) is 9.59 Å². The molecule has 13 heavy (non-hydrogen) atoms. The normalized spacial score (nSPS) is 11.7. The highest BCUT2D eigenvalue weighted by Crippen LogP contribution is 1.95. The van der Waals surface area contributed by atoms with E-state index in [0.717, 1.165) is 0 Å². The SMILES string of the molecule is NC(=O)CC[C@H](NC(=O)O)C(N)=O. The molecule has 3 amide bonds. The molecule has 0 unspecified atom stereocenters. The van der Waals surface area contributed by atoms with Crippen LogP contribution in [0.3, 0.4) is 0 Å². The van der Waals surface area contributed by atoms with Crippen molar-refractivity contribution < 1.29 is 19.5 Å². The number of primary amides is 2. The first-order valence-corrected chi connectivity index (χ1v) is 3.50. The average Bonchev–Trinajstić information content (AvgIpc) is 1.96. The Morgan fingerprint density at radius 1 is 1.31 bits per heavy atom. The Labute approximate surface area is 74.1 Å². The molecule has 6 N–H and O–H groups in total. The highest BCUT2D eigenvalue weighted by molar-refractivity contribution is 5.84. The zero-order valence-corrected chi connectivity index (χ0v) is 6.82. The fourth-order valence-electron chi connectivity index (χ4n) is 0.721. The molecule has 0 aromatic heterocycles. The Morgan fingerprint density at radius 3 is 2.15 bits per heavy atom. The maximum absolute atomic E-state index is 10.6. The molecule has 0 radical (unpaired) electrons. The van der Waals surface area contributed by atoms with E-state index in [4.69, 9.17) is 16.6 Å². The lowest BCUT2D eigenvalue weighted by atomic mass is 10.1. The van der Waals surface area contributed by atoms with E-state index in [-0.39, 0.29) is 12.8 Å². The number of hydrogen-bond donors (Lipinski definition) is 4. The number of nitrogens with one attached hydrogen (secondary N) is 1. The van der Waals surface area contributed by atoms with Crippen molar-refractivity contribution in [3.8, 4) is 0 Å². The zero-order chi connectivity index (χ0) is 10.4. The molecule has 0 aromatic carbocycles. The second kappa shape index (κ2) is 4.96. The van der Waals surface area contributed by atoms with Crippen LogP contribution in [0.1, 0.15) is 12.8 Å². The highest BCUT2D eigenvalue weighted by Gasteiger charge is 2.17. The van der Waals surface area contributed by atoms with Crippen LogP contribution < -0.4 is 16.8 Å². The zero-order valence-electron chi connectivity index (χ0n) is 6.82. The van der Waals surface area contributed by atoms with Crippen molar-refractivity contribution in [1.29, 1.82) is 0 Å². The fourth-order valence-corrected chi connectivity index (χ4v) is 0.721. The Morgan fingerprint density at radius 2 is 1.85 bits per heavy atom. The number of carboxylic acid groups (broad SMARTS) is 1. The summed E-state index contributed by atoms with van der Waals surface area (Å²) in [5, 5.41) is 10.1. The topological polar surface area (TPSA) is 136 Å². The second-order valence-corrected chi connectivity index (χ2v) is 2.41. The predicted octanol–water partition coefficient (Wildman–Crippen LogP) is -1.63. The molecule has 0 aromatic rings. The van der Waals surface area contributed by atoms with Gasteiger partial charge in [-0.1, -0.05) is 0 Å². The van der Waals surface area contributed by atoms with Gasteiger partial charge in [0.25, 0.3) is 0 Å². The number of carbonyl (C=O) groups is 3. The van der Waals surface area contributed by atoms with Gasteiger partial charge in [0.15, 0.2) is 0 Å². The monoisotopic (exact) mass is 189 g/mol. The molecule has 0 bridgehead atoms. The maximum atomic E-state index is 10.6. The van der Waals surface area contributed by atoms with E-state index in [1.807, 2.05) is 5.32 Å². The standard InChI is InChI=1S/C6H11N3O4/c7-4(10)2-1-3(5(8)11)9-6(12)13/h3,9H,1-2H2,(H2,7,10)(H2,8,11)(H,12,13)/t3-/m0/s1. The van der Waals surface area contributed by atoms with Gasteiger partial charge in [-0.25, -0.2) is 4.79 Å². The van der Waals surface area contributed by atoms with Crippen LogP contribution in [0.25, 0.3) is 0 Å². The van der Waals surface area contributed by atoms with Crippen molar-refractivity contribution in [2.75, 3.05) is 0 Å². The number of amides is 3. The largest absolute Gasteiger partial charge is 0.465 e. The van der Waals surface area contributed by atoms with Gasteiger partial charge in [-0.15, -0.1) is 0 Å². The van der Waals surface area contributed by atoms with Gasteiger partial charge in [0, 0.05) is 6.42 Å².